The molecule has 0 bridgehead atoms. The lowest BCUT2D eigenvalue weighted by atomic mass is 9.91. The van der Waals surface area contributed by atoms with Crippen LogP contribution < -0.4 is 0 Å². The molecular formula is C108H86N8. The van der Waals surface area contributed by atoms with Gasteiger partial charge in [0.15, 0.2) is 34.9 Å². The first-order valence-electron chi connectivity index (χ1n) is 40.0. The molecule has 15 aromatic carbocycles. The molecule has 8 nitrogen and oxygen atoms in total. The summed E-state index contributed by atoms with van der Waals surface area (Å²) in [6.45, 7) is 26.6. The molecule has 8 heteroatoms. The van der Waals surface area contributed by atoms with Gasteiger partial charge in [-0.1, -0.05) is 247 Å². The molecule has 0 N–H and O–H groups in total. The fourth-order valence-electron chi connectivity index (χ4n) is 18.7. The fraction of sp³-hybridized carbons (Fsp3) is 0.111. The number of fused-ring (bicyclic) bond motifs is 6. The summed E-state index contributed by atoms with van der Waals surface area (Å²) in [7, 11) is 0. The molecule has 0 atom stereocenters. The Morgan fingerprint density at radius 3 is 0.655 bits per heavy atom. The van der Waals surface area contributed by atoms with Crippen LogP contribution >= 0.6 is 0 Å². The van der Waals surface area contributed by atoms with E-state index in [0.717, 1.165) is 111 Å². The Hall–Kier alpha value is -14.1. The van der Waals surface area contributed by atoms with Gasteiger partial charge in [-0.15, -0.1) is 0 Å². The average molecular weight is 1500 g/mol. The smallest absolute Gasteiger partial charge is 0.164 e. The second-order valence-electron chi connectivity index (χ2n) is 31.8. The average Bonchev–Trinajstić information content (AvgIpc) is 1.55. The molecule has 0 fully saturated rings. The molecule has 19 aromatic rings. The molecule has 0 amide bonds. The summed E-state index contributed by atoms with van der Waals surface area (Å²) < 4.78 is 4.87. The number of nitrogens with zero attached hydrogens (tertiary/aromatic N) is 8. The Morgan fingerprint density at radius 2 is 0.405 bits per heavy atom. The monoisotopic (exact) mass is 1490 g/mol. The maximum absolute atomic E-state index is 5.55. The highest BCUT2D eigenvalue weighted by molar-refractivity contribution is 6.14. The molecule has 0 aliphatic carbocycles. The maximum Gasteiger partial charge on any atom is 0.164 e. The van der Waals surface area contributed by atoms with Crippen molar-refractivity contribution in [2.24, 2.45) is 0 Å². The van der Waals surface area contributed by atoms with Crippen molar-refractivity contribution in [2.75, 3.05) is 0 Å². The number of benzene rings is 15. The summed E-state index contributed by atoms with van der Waals surface area (Å²) in [5, 5.41) is 4.66. The Morgan fingerprint density at radius 1 is 0.172 bits per heavy atom. The fourth-order valence-corrected chi connectivity index (χ4v) is 18.7. The summed E-state index contributed by atoms with van der Waals surface area (Å²) >= 11 is 0. The first-order valence-corrected chi connectivity index (χ1v) is 40.0. The zero-order valence-corrected chi connectivity index (χ0v) is 67.4. The summed E-state index contributed by atoms with van der Waals surface area (Å²) in [5.41, 5.74) is 40.1. The molecule has 4 aromatic heterocycles. The van der Waals surface area contributed by atoms with Gasteiger partial charge in [0, 0.05) is 66.3 Å². The Kier molecular flexibility index (Phi) is 18.1. The lowest BCUT2D eigenvalue weighted by Crippen LogP contribution is -2.03. The second kappa shape index (κ2) is 29.1. The van der Waals surface area contributed by atoms with E-state index in [4.69, 9.17) is 29.9 Å². The molecule has 19 rings (SSSR count). The van der Waals surface area contributed by atoms with Crippen LogP contribution in [-0.4, -0.2) is 39.0 Å². The van der Waals surface area contributed by atoms with E-state index in [-0.39, 0.29) is 0 Å². The first kappa shape index (κ1) is 72.2. The largest absolute Gasteiger partial charge is 0.309 e. The van der Waals surface area contributed by atoms with Crippen molar-refractivity contribution in [3.05, 3.63) is 370 Å². The molecule has 0 unspecified atom stereocenters. The topological polar surface area (TPSA) is 87.2 Å². The van der Waals surface area contributed by atoms with E-state index < -0.39 is 0 Å². The van der Waals surface area contributed by atoms with Gasteiger partial charge >= 0.3 is 0 Å². The Balaban J connectivity index is 0.851. The minimum atomic E-state index is 0.539. The zero-order valence-electron chi connectivity index (χ0n) is 67.4. The molecular weight excluding hydrogens is 1410 g/mol. The number of hydrogen-bond acceptors (Lipinski definition) is 6. The predicted molar refractivity (Wildman–Crippen MR) is 484 cm³/mol. The van der Waals surface area contributed by atoms with E-state index in [1.807, 2.05) is 72.8 Å². The summed E-state index contributed by atoms with van der Waals surface area (Å²) in [6.07, 6.45) is 0. The number of hydrogen-bond donors (Lipinski definition) is 0. The molecule has 0 saturated carbocycles. The highest BCUT2D eigenvalue weighted by atomic mass is 15.1. The molecule has 0 spiro atoms. The number of aromatic nitrogens is 8. The standard InChI is InChI=1S/C108H86N8/c1-63-48-67(5)99(68(6)49-63)81-36-44-95-89(57-81)90-58-82(100-69(7)50-64(2)51-70(100)8)37-45-96(90)115(95)85-40-42-87(93(61-85)107-111-103(75-26-17-13-18-27-75)109-104(112-107)76-28-19-14-20-29-76)79-34-25-35-80(56-79)88-43-41-86(62-94(88)108-113-105(77-30-21-15-22-31-77)110-106(114-108)78-32-23-16-24-33-78)116-97-46-38-83(101-71(9)52-65(3)53-72(101)10)59-91(97)92-60-84(39-47-98(92)116)102-73(11)54-66(4)55-74(102)12/h13-62H,1-12H3. The van der Waals surface area contributed by atoms with Crippen LogP contribution in [0.15, 0.2) is 303 Å². The van der Waals surface area contributed by atoms with Gasteiger partial charge in [-0.3, -0.25) is 0 Å². The second-order valence-corrected chi connectivity index (χ2v) is 31.8. The van der Waals surface area contributed by atoms with Gasteiger partial charge in [0.25, 0.3) is 0 Å². The van der Waals surface area contributed by atoms with Crippen LogP contribution in [0.5, 0.6) is 0 Å². The predicted octanol–water partition coefficient (Wildman–Crippen LogP) is 28.0. The lowest BCUT2D eigenvalue weighted by molar-refractivity contribution is 1.07. The third kappa shape index (κ3) is 13.0. The normalized spacial score (nSPS) is 11.6. The van der Waals surface area contributed by atoms with Crippen LogP contribution in [0.4, 0.5) is 0 Å². The van der Waals surface area contributed by atoms with Crippen molar-refractivity contribution in [3.8, 4) is 146 Å². The molecule has 558 valence electrons. The lowest BCUT2D eigenvalue weighted by Gasteiger charge is -2.18. The summed E-state index contributed by atoms with van der Waals surface area (Å²) in [6, 6.07) is 110. The maximum atomic E-state index is 5.55. The Bertz CT molecular complexity index is 6330. The van der Waals surface area contributed by atoms with Gasteiger partial charge in [-0.2, -0.15) is 0 Å². The summed E-state index contributed by atoms with van der Waals surface area (Å²) in [4.78, 5) is 32.7. The van der Waals surface area contributed by atoms with Gasteiger partial charge in [0.2, 0.25) is 0 Å². The molecule has 4 heterocycles. The molecule has 116 heavy (non-hydrogen) atoms. The van der Waals surface area contributed by atoms with Crippen LogP contribution in [0.2, 0.25) is 0 Å². The van der Waals surface area contributed by atoms with Crippen molar-refractivity contribution in [1.29, 1.82) is 0 Å². The molecule has 0 saturated heterocycles. The first-order chi connectivity index (χ1) is 56.4. The van der Waals surface area contributed by atoms with Crippen LogP contribution in [0.3, 0.4) is 0 Å². The van der Waals surface area contributed by atoms with Gasteiger partial charge in [0.1, 0.15) is 0 Å². The van der Waals surface area contributed by atoms with E-state index >= 15 is 0 Å². The van der Waals surface area contributed by atoms with Crippen LogP contribution in [0, 0.1) is 83.1 Å². The zero-order chi connectivity index (χ0) is 79.3. The molecule has 0 aliphatic heterocycles. The van der Waals surface area contributed by atoms with Crippen molar-refractivity contribution in [3.63, 3.8) is 0 Å². The Labute approximate surface area is 677 Å². The summed E-state index contributed by atoms with van der Waals surface area (Å²) in [5.74, 6) is 3.37. The van der Waals surface area contributed by atoms with Crippen molar-refractivity contribution >= 4 is 43.6 Å². The minimum Gasteiger partial charge on any atom is -0.309 e. The minimum absolute atomic E-state index is 0.539. The van der Waals surface area contributed by atoms with Crippen LogP contribution in [-0.2, 0) is 0 Å². The van der Waals surface area contributed by atoms with Gasteiger partial charge in [-0.05, 0) is 273 Å². The van der Waals surface area contributed by atoms with E-state index in [1.54, 1.807) is 0 Å². The van der Waals surface area contributed by atoms with E-state index in [2.05, 4.69) is 323 Å². The van der Waals surface area contributed by atoms with Crippen molar-refractivity contribution < 1.29 is 0 Å². The van der Waals surface area contributed by atoms with Gasteiger partial charge < -0.3 is 9.13 Å². The third-order valence-electron chi connectivity index (χ3n) is 23.3. The number of rotatable bonds is 14. The van der Waals surface area contributed by atoms with Crippen LogP contribution in [0.1, 0.15) is 66.8 Å². The molecule has 0 aliphatic rings. The SMILES string of the molecule is Cc1cc(C)c(-c2ccc3c(c2)c2cc(-c4c(C)cc(C)cc4C)ccc2n3-c2ccc(-c3cccc(-c4ccc(-n5c6ccc(-c7c(C)cc(C)cc7C)cc6c6cc(-c7c(C)cc(C)cc7C)ccc65)cc4-c4nc(-c5ccccc5)nc(-c5ccccc5)n4)c3)c(-c3nc(-c4ccccc4)nc(-c4ccccc4)n3)c2)c(C)c1. The molecule has 0 radical (unpaired) electrons. The highest BCUT2D eigenvalue weighted by Crippen LogP contribution is 2.47. The van der Waals surface area contributed by atoms with Gasteiger partial charge in [-0.25, -0.2) is 29.9 Å². The quantitative estimate of drug-likeness (QED) is 0.108. The van der Waals surface area contributed by atoms with Crippen molar-refractivity contribution in [1.82, 2.24) is 39.0 Å². The van der Waals surface area contributed by atoms with E-state index in [9.17, 15) is 0 Å². The van der Waals surface area contributed by atoms with E-state index in [1.165, 1.54) is 111 Å². The van der Waals surface area contributed by atoms with E-state index in [0.29, 0.717) is 34.9 Å². The van der Waals surface area contributed by atoms with Crippen LogP contribution in [0.25, 0.3) is 190 Å². The number of aryl methyl sites for hydroxylation is 12. The third-order valence-corrected chi connectivity index (χ3v) is 23.3. The highest BCUT2D eigenvalue weighted by Gasteiger charge is 2.26. The van der Waals surface area contributed by atoms with Crippen molar-refractivity contribution in [2.45, 2.75) is 83.1 Å². The van der Waals surface area contributed by atoms with Gasteiger partial charge in [0.05, 0.1) is 22.1 Å².